The van der Waals surface area contributed by atoms with Gasteiger partial charge in [-0.25, -0.2) is 0 Å². The van der Waals surface area contributed by atoms with Crippen molar-refractivity contribution < 1.29 is 9.47 Å². The maximum absolute atomic E-state index is 5.96. The summed E-state index contributed by atoms with van der Waals surface area (Å²) < 4.78 is 11.7. The third-order valence-electron chi connectivity index (χ3n) is 3.78. The molecule has 3 nitrogen and oxygen atoms in total. The Kier molecular flexibility index (Phi) is 4.18. The highest BCUT2D eigenvalue weighted by Crippen LogP contribution is 2.31. The average Bonchev–Trinajstić information content (AvgIpc) is 2.46. The molecule has 19 heavy (non-hydrogen) atoms. The molecular weight excluding hydrogens is 258 g/mol. The quantitative estimate of drug-likeness (QED) is 0.921. The molecule has 3 unspecified atom stereocenters. The van der Waals surface area contributed by atoms with Crippen LogP contribution < -0.4 is 14.8 Å². The van der Waals surface area contributed by atoms with Gasteiger partial charge in [-0.3, -0.25) is 0 Å². The van der Waals surface area contributed by atoms with Crippen LogP contribution in [0.15, 0.2) is 24.3 Å². The van der Waals surface area contributed by atoms with Crippen LogP contribution in [0.5, 0.6) is 11.5 Å². The molecule has 3 atom stereocenters. The van der Waals surface area contributed by atoms with Gasteiger partial charge in [-0.15, -0.1) is 0 Å². The van der Waals surface area contributed by atoms with Crippen molar-refractivity contribution >= 4 is 11.8 Å². The smallest absolute Gasteiger partial charge is 0.161 e. The van der Waals surface area contributed by atoms with Crippen molar-refractivity contribution in [3.05, 3.63) is 24.3 Å². The van der Waals surface area contributed by atoms with E-state index < -0.39 is 0 Å². The lowest BCUT2D eigenvalue weighted by atomic mass is 10.1. The normalized spacial score (nSPS) is 30.1. The number of para-hydroxylation sites is 2. The van der Waals surface area contributed by atoms with E-state index in [9.17, 15) is 0 Å². The summed E-state index contributed by atoms with van der Waals surface area (Å²) in [6.45, 7) is 3.82. The fourth-order valence-corrected chi connectivity index (χ4v) is 3.81. The molecule has 1 fully saturated rings. The first-order valence-corrected chi connectivity index (χ1v) is 8.11. The predicted molar refractivity (Wildman–Crippen MR) is 79.3 cm³/mol. The van der Waals surface area contributed by atoms with E-state index in [1.54, 1.807) is 0 Å². The molecule has 0 amide bonds. The molecule has 0 radical (unpaired) electrons. The van der Waals surface area contributed by atoms with Crippen molar-refractivity contribution in [3.63, 3.8) is 0 Å². The lowest BCUT2D eigenvalue weighted by Gasteiger charge is -2.32. The molecular formula is C15H21NO2S. The second-order valence-electron chi connectivity index (χ2n) is 5.23. The number of nitrogens with one attached hydrogen (secondary N) is 1. The van der Waals surface area contributed by atoms with Gasteiger partial charge in [0, 0.05) is 17.8 Å². The van der Waals surface area contributed by atoms with Gasteiger partial charge in [-0.2, -0.15) is 11.8 Å². The molecule has 2 aliphatic heterocycles. The van der Waals surface area contributed by atoms with E-state index in [0.717, 1.165) is 18.0 Å². The van der Waals surface area contributed by atoms with Crippen molar-refractivity contribution in [2.75, 3.05) is 18.9 Å². The Morgan fingerprint density at radius 2 is 2.16 bits per heavy atom. The van der Waals surface area contributed by atoms with E-state index in [1.807, 2.05) is 24.3 Å². The Balaban J connectivity index is 1.52. The third kappa shape index (κ3) is 3.18. The molecule has 0 spiro atoms. The fraction of sp³-hybridized carbons (Fsp3) is 0.600. The van der Waals surface area contributed by atoms with Gasteiger partial charge in [0.25, 0.3) is 0 Å². The molecule has 1 aromatic carbocycles. The largest absolute Gasteiger partial charge is 0.486 e. The molecule has 2 aliphatic rings. The first kappa shape index (κ1) is 13.1. The van der Waals surface area contributed by atoms with E-state index in [-0.39, 0.29) is 6.10 Å². The van der Waals surface area contributed by atoms with Crippen LogP contribution in [0, 0.1) is 0 Å². The van der Waals surface area contributed by atoms with Gasteiger partial charge in [0.15, 0.2) is 11.5 Å². The highest BCUT2D eigenvalue weighted by molar-refractivity contribution is 7.99. The van der Waals surface area contributed by atoms with Gasteiger partial charge in [0.05, 0.1) is 0 Å². The summed E-state index contributed by atoms with van der Waals surface area (Å²) in [5.74, 6) is 3.03. The molecule has 0 aromatic heterocycles. The zero-order valence-electron chi connectivity index (χ0n) is 11.3. The molecule has 0 saturated carbocycles. The summed E-state index contributed by atoms with van der Waals surface area (Å²) in [5.41, 5.74) is 0. The van der Waals surface area contributed by atoms with Crippen LogP contribution >= 0.6 is 11.8 Å². The Morgan fingerprint density at radius 3 is 3.00 bits per heavy atom. The van der Waals surface area contributed by atoms with Crippen molar-refractivity contribution in [2.45, 2.75) is 37.2 Å². The standard InChI is InChI=1S/C15H21NO2S/c1-11-13(5-4-8-19-11)16-9-12-10-17-14-6-2-3-7-15(14)18-12/h2-3,6-7,11-13,16H,4-5,8-10H2,1H3. The number of ether oxygens (including phenoxy) is 2. The molecule has 1 saturated heterocycles. The first-order chi connectivity index (χ1) is 9.33. The molecule has 2 heterocycles. The minimum atomic E-state index is 0.119. The van der Waals surface area contributed by atoms with E-state index in [2.05, 4.69) is 24.0 Å². The summed E-state index contributed by atoms with van der Waals surface area (Å²) in [6.07, 6.45) is 2.71. The van der Waals surface area contributed by atoms with Crippen LogP contribution in [-0.4, -0.2) is 36.3 Å². The summed E-state index contributed by atoms with van der Waals surface area (Å²) >= 11 is 2.07. The zero-order valence-corrected chi connectivity index (χ0v) is 12.1. The van der Waals surface area contributed by atoms with E-state index in [0.29, 0.717) is 17.9 Å². The number of hydrogen-bond acceptors (Lipinski definition) is 4. The van der Waals surface area contributed by atoms with Gasteiger partial charge in [-0.05, 0) is 30.7 Å². The minimum Gasteiger partial charge on any atom is -0.486 e. The maximum Gasteiger partial charge on any atom is 0.161 e. The fourth-order valence-electron chi connectivity index (χ4n) is 2.64. The number of rotatable bonds is 3. The highest BCUT2D eigenvalue weighted by Gasteiger charge is 2.25. The predicted octanol–water partition coefficient (Wildman–Crippen LogP) is 2.70. The molecule has 3 rings (SSSR count). The molecule has 1 N–H and O–H groups in total. The summed E-state index contributed by atoms with van der Waals surface area (Å²) in [4.78, 5) is 0. The lowest BCUT2D eigenvalue weighted by Crippen LogP contribution is -2.46. The van der Waals surface area contributed by atoms with Crippen LogP contribution in [0.1, 0.15) is 19.8 Å². The Hall–Kier alpha value is -0.870. The number of fused-ring (bicyclic) bond motifs is 1. The number of benzene rings is 1. The van der Waals surface area contributed by atoms with Crippen LogP contribution in [-0.2, 0) is 0 Å². The number of thioether (sulfide) groups is 1. The van der Waals surface area contributed by atoms with Crippen molar-refractivity contribution in [1.29, 1.82) is 0 Å². The van der Waals surface area contributed by atoms with Crippen molar-refractivity contribution in [3.8, 4) is 11.5 Å². The Morgan fingerprint density at radius 1 is 1.32 bits per heavy atom. The summed E-state index contributed by atoms with van der Waals surface area (Å²) in [5, 5.41) is 4.35. The van der Waals surface area contributed by atoms with Crippen LogP contribution in [0.3, 0.4) is 0 Å². The van der Waals surface area contributed by atoms with Gasteiger partial charge in [0.1, 0.15) is 12.7 Å². The molecule has 0 aliphatic carbocycles. The highest BCUT2D eigenvalue weighted by atomic mass is 32.2. The molecule has 104 valence electrons. The zero-order chi connectivity index (χ0) is 13.1. The Bertz CT molecular complexity index is 426. The monoisotopic (exact) mass is 279 g/mol. The third-order valence-corrected chi connectivity index (χ3v) is 5.16. The Labute approximate surface area is 119 Å². The second-order valence-corrected chi connectivity index (χ2v) is 6.72. The topological polar surface area (TPSA) is 30.5 Å². The number of hydrogen-bond donors (Lipinski definition) is 1. The van der Waals surface area contributed by atoms with Crippen molar-refractivity contribution in [1.82, 2.24) is 5.32 Å². The van der Waals surface area contributed by atoms with Crippen LogP contribution in [0.2, 0.25) is 0 Å². The van der Waals surface area contributed by atoms with E-state index >= 15 is 0 Å². The molecule has 0 bridgehead atoms. The van der Waals surface area contributed by atoms with Gasteiger partial charge >= 0.3 is 0 Å². The van der Waals surface area contributed by atoms with Gasteiger partial charge in [-0.1, -0.05) is 19.1 Å². The van der Waals surface area contributed by atoms with Gasteiger partial charge < -0.3 is 14.8 Å². The maximum atomic E-state index is 5.96. The minimum absolute atomic E-state index is 0.119. The van der Waals surface area contributed by atoms with Crippen LogP contribution in [0.4, 0.5) is 0 Å². The second kappa shape index (κ2) is 6.06. The first-order valence-electron chi connectivity index (χ1n) is 7.06. The summed E-state index contributed by atoms with van der Waals surface area (Å²) in [6, 6.07) is 8.50. The van der Waals surface area contributed by atoms with Crippen LogP contribution in [0.25, 0.3) is 0 Å². The van der Waals surface area contributed by atoms with E-state index in [4.69, 9.17) is 9.47 Å². The van der Waals surface area contributed by atoms with Crippen molar-refractivity contribution in [2.24, 2.45) is 0 Å². The van der Waals surface area contributed by atoms with E-state index in [1.165, 1.54) is 18.6 Å². The average molecular weight is 279 g/mol. The molecule has 1 aromatic rings. The van der Waals surface area contributed by atoms with Gasteiger partial charge in [0.2, 0.25) is 0 Å². The lowest BCUT2D eigenvalue weighted by molar-refractivity contribution is 0.0878. The summed E-state index contributed by atoms with van der Waals surface area (Å²) in [7, 11) is 0. The molecule has 4 heteroatoms. The SMILES string of the molecule is CC1SCCCC1NCC1COc2ccccc2O1.